The molecule has 1 fully saturated rings. The Balaban J connectivity index is 1.59. The van der Waals surface area contributed by atoms with Gasteiger partial charge in [-0.2, -0.15) is 13.2 Å². The van der Waals surface area contributed by atoms with Gasteiger partial charge in [-0.05, 0) is 37.8 Å². The summed E-state index contributed by atoms with van der Waals surface area (Å²) in [5, 5.41) is 3.11. The van der Waals surface area contributed by atoms with Crippen molar-refractivity contribution in [1.82, 2.24) is 10.3 Å². The van der Waals surface area contributed by atoms with Crippen molar-refractivity contribution >= 4 is 23.3 Å². The first-order chi connectivity index (χ1) is 14.2. The first-order valence-corrected chi connectivity index (χ1v) is 10.4. The maximum Gasteiger partial charge on any atom is 0.417 e. The van der Waals surface area contributed by atoms with Crippen LogP contribution in [0, 0.1) is 12.8 Å². The molecule has 0 spiro atoms. The molecule has 1 atom stereocenters. The Morgan fingerprint density at radius 2 is 1.90 bits per heavy atom. The molecule has 1 N–H and O–H groups in total. The minimum atomic E-state index is -4.48. The van der Waals surface area contributed by atoms with E-state index in [1.807, 2.05) is 43.0 Å². The van der Waals surface area contributed by atoms with E-state index in [0.717, 1.165) is 24.2 Å². The zero-order valence-corrected chi connectivity index (χ0v) is 17.7. The number of hydrogen-bond acceptors (Lipinski definition) is 3. The first-order valence-electron chi connectivity index (χ1n) is 10.0. The van der Waals surface area contributed by atoms with Crippen LogP contribution in [0.2, 0.25) is 5.02 Å². The standard InChI is InChI=1S/C22H25ClF3N3O/c1-3-19(15-6-4-14(2)5-7-15)28-21(30)16-8-10-29(11-9-16)20-18(23)12-17(13-27-20)22(24,25)26/h4-7,12-13,16,19H,3,8-11H2,1-2H3,(H,28,30)/t19-/m1/s1. The summed E-state index contributed by atoms with van der Waals surface area (Å²) < 4.78 is 38.4. The summed E-state index contributed by atoms with van der Waals surface area (Å²) in [4.78, 5) is 18.5. The van der Waals surface area contributed by atoms with Gasteiger partial charge in [-0.15, -0.1) is 0 Å². The van der Waals surface area contributed by atoms with Crippen LogP contribution in [0.1, 0.15) is 48.9 Å². The van der Waals surface area contributed by atoms with E-state index in [9.17, 15) is 18.0 Å². The molecular formula is C22H25ClF3N3O. The average molecular weight is 440 g/mol. The predicted octanol–water partition coefficient (Wildman–Crippen LogP) is 5.55. The van der Waals surface area contributed by atoms with E-state index in [2.05, 4.69) is 10.3 Å². The fraction of sp³-hybridized carbons (Fsp3) is 0.455. The summed E-state index contributed by atoms with van der Waals surface area (Å²) in [5.41, 5.74) is 1.38. The summed E-state index contributed by atoms with van der Waals surface area (Å²) in [5.74, 6) is 0.192. The highest BCUT2D eigenvalue weighted by atomic mass is 35.5. The van der Waals surface area contributed by atoms with Crippen LogP contribution in [0.25, 0.3) is 0 Å². The van der Waals surface area contributed by atoms with Crippen LogP contribution >= 0.6 is 11.6 Å². The second kappa shape index (κ2) is 9.25. The quantitative estimate of drug-likeness (QED) is 0.664. The Morgan fingerprint density at radius 1 is 1.27 bits per heavy atom. The lowest BCUT2D eigenvalue weighted by Crippen LogP contribution is -2.42. The normalized spacial score (nSPS) is 16.4. The fourth-order valence-corrected chi connectivity index (χ4v) is 3.97. The largest absolute Gasteiger partial charge is 0.417 e. The average Bonchev–Trinajstić information content (AvgIpc) is 2.72. The van der Waals surface area contributed by atoms with Gasteiger partial charge in [0.05, 0.1) is 16.6 Å². The molecule has 1 amide bonds. The van der Waals surface area contributed by atoms with Crippen molar-refractivity contribution in [3.63, 3.8) is 0 Å². The topological polar surface area (TPSA) is 45.2 Å². The molecule has 0 radical (unpaired) electrons. The number of rotatable bonds is 5. The lowest BCUT2D eigenvalue weighted by Gasteiger charge is -2.33. The van der Waals surface area contributed by atoms with E-state index in [1.54, 1.807) is 0 Å². The van der Waals surface area contributed by atoms with Gasteiger partial charge in [0.2, 0.25) is 5.91 Å². The summed E-state index contributed by atoms with van der Waals surface area (Å²) >= 11 is 6.05. The molecule has 1 aromatic heterocycles. The van der Waals surface area contributed by atoms with Gasteiger partial charge in [-0.25, -0.2) is 4.98 Å². The molecule has 0 saturated carbocycles. The van der Waals surface area contributed by atoms with Crippen LogP contribution < -0.4 is 10.2 Å². The lowest BCUT2D eigenvalue weighted by molar-refractivity contribution is -0.137. The van der Waals surface area contributed by atoms with Gasteiger partial charge in [0, 0.05) is 25.2 Å². The third-order valence-electron chi connectivity index (χ3n) is 5.52. The number of aryl methyl sites for hydroxylation is 1. The molecule has 1 aromatic carbocycles. The second-order valence-electron chi connectivity index (χ2n) is 7.67. The molecule has 4 nitrogen and oxygen atoms in total. The molecule has 1 aliphatic heterocycles. The number of halogens is 4. The molecule has 2 heterocycles. The minimum Gasteiger partial charge on any atom is -0.355 e. The number of amides is 1. The molecule has 2 aromatic rings. The van der Waals surface area contributed by atoms with Crippen molar-refractivity contribution in [2.75, 3.05) is 18.0 Å². The van der Waals surface area contributed by atoms with Crippen LogP contribution in [-0.2, 0) is 11.0 Å². The van der Waals surface area contributed by atoms with E-state index >= 15 is 0 Å². The maximum atomic E-state index is 12.8. The smallest absolute Gasteiger partial charge is 0.355 e. The summed E-state index contributed by atoms with van der Waals surface area (Å²) in [6, 6.07) is 8.99. The van der Waals surface area contributed by atoms with Crippen LogP contribution in [0.15, 0.2) is 36.5 Å². The molecule has 3 rings (SSSR count). The number of nitrogens with one attached hydrogen (secondary N) is 1. The number of alkyl halides is 3. The van der Waals surface area contributed by atoms with Crippen molar-refractivity contribution < 1.29 is 18.0 Å². The number of piperidine rings is 1. The molecule has 1 aliphatic rings. The van der Waals surface area contributed by atoms with Crippen molar-refractivity contribution in [2.45, 2.75) is 45.3 Å². The second-order valence-corrected chi connectivity index (χ2v) is 8.08. The lowest BCUT2D eigenvalue weighted by atomic mass is 9.94. The Hall–Kier alpha value is -2.28. The molecule has 1 saturated heterocycles. The number of anilines is 1. The number of pyridine rings is 1. The molecule has 30 heavy (non-hydrogen) atoms. The predicted molar refractivity (Wildman–Crippen MR) is 112 cm³/mol. The molecule has 0 unspecified atom stereocenters. The van der Waals surface area contributed by atoms with Crippen molar-refractivity contribution in [3.8, 4) is 0 Å². The van der Waals surface area contributed by atoms with E-state index in [-0.39, 0.29) is 22.9 Å². The molecule has 162 valence electrons. The SMILES string of the molecule is CC[C@@H](NC(=O)C1CCN(c2ncc(C(F)(F)F)cc2Cl)CC1)c1ccc(C)cc1. The van der Waals surface area contributed by atoms with Gasteiger partial charge in [-0.1, -0.05) is 48.4 Å². The summed E-state index contributed by atoms with van der Waals surface area (Å²) in [7, 11) is 0. The zero-order valence-electron chi connectivity index (χ0n) is 17.0. The highest BCUT2D eigenvalue weighted by molar-refractivity contribution is 6.33. The molecule has 0 bridgehead atoms. The van der Waals surface area contributed by atoms with E-state index in [1.165, 1.54) is 5.56 Å². The van der Waals surface area contributed by atoms with E-state index in [4.69, 9.17) is 11.6 Å². The van der Waals surface area contributed by atoms with Gasteiger partial charge in [0.25, 0.3) is 0 Å². The van der Waals surface area contributed by atoms with Gasteiger partial charge < -0.3 is 10.2 Å². The molecule has 0 aliphatic carbocycles. The highest BCUT2D eigenvalue weighted by Gasteiger charge is 2.33. The summed E-state index contributed by atoms with van der Waals surface area (Å²) in [6.07, 6.45) is -1.70. The Kier molecular flexibility index (Phi) is 6.91. The maximum absolute atomic E-state index is 12.8. The molecule has 8 heteroatoms. The Bertz CT molecular complexity index is 878. The van der Waals surface area contributed by atoms with Crippen LogP contribution in [0.3, 0.4) is 0 Å². The Labute approximate surface area is 179 Å². The van der Waals surface area contributed by atoms with Crippen LogP contribution in [0.4, 0.5) is 19.0 Å². The van der Waals surface area contributed by atoms with Gasteiger partial charge in [0.1, 0.15) is 5.82 Å². The van der Waals surface area contributed by atoms with Crippen molar-refractivity contribution in [3.05, 3.63) is 58.2 Å². The van der Waals surface area contributed by atoms with Gasteiger partial charge >= 0.3 is 6.18 Å². The number of benzene rings is 1. The van der Waals surface area contributed by atoms with E-state index in [0.29, 0.717) is 31.7 Å². The minimum absolute atomic E-state index is 0.00792. The third-order valence-corrected chi connectivity index (χ3v) is 5.80. The van der Waals surface area contributed by atoms with Crippen molar-refractivity contribution in [2.24, 2.45) is 5.92 Å². The number of carbonyl (C=O) groups excluding carboxylic acids is 1. The summed E-state index contributed by atoms with van der Waals surface area (Å²) in [6.45, 7) is 5.08. The number of nitrogens with zero attached hydrogens (tertiary/aromatic N) is 2. The van der Waals surface area contributed by atoms with E-state index < -0.39 is 11.7 Å². The van der Waals surface area contributed by atoms with Gasteiger partial charge in [-0.3, -0.25) is 4.79 Å². The van der Waals surface area contributed by atoms with Crippen LogP contribution in [0.5, 0.6) is 0 Å². The van der Waals surface area contributed by atoms with Crippen molar-refractivity contribution in [1.29, 1.82) is 0 Å². The van der Waals surface area contributed by atoms with Crippen LogP contribution in [-0.4, -0.2) is 24.0 Å². The highest BCUT2D eigenvalue weighted by Crippen LogP contribution is 2.34. The Morgan fingerprint density at radius 3 is 2.43 bits per heavy atom. The first kappa shape index (κ1) is 22.4. The number of aromatic nitrogens is 1. The monoisotopic (exact) mass is 439 g/mol. The van der Waals surface area contributed by atoms with Gasteiger partial charge in [0.15, 0.2) is 0 Å². The zero-order chi connectivity index (χ0) is 21.9. The fourth-order valence-electron chi connectivity index (χ4n) is 3.68. The number of carbonyl (C=O) groups is 1. The number of hydrogen-bond donors (Lipinski definition) is 1. The molecular weight excluding hydrogens is 415 g/mol. The third kappa shape index (κ3) is 5.25.